The fourth-order valence-electron chi connectivity index (χ4n) is 2.42. The highest BCUT2D eigenvalue weighted by atomic mass is 16.2. The molecule has 0 aliphatic rings. The van der Waals surface area contributed by atoms with Gasteiger partial charge in [-0.05, 0) is 24.5 Å². The Morgan fingerprint density at radius 1 is 1.00 bits per heavy atom. The Labute approximate surface area is 140 Å². The molecule has 24 heavy (non-hydrogen) atoms. The monoisotopic (exact) mass is 323 g/mol. The van der Waals surface area contributed by atoms with Crippen LogP contribution in [0.25, 0.3) is 10.9 Å². The number of nitrogens with zero attached hydrogens (tertiary/aromatic N) is 1. The number of fused-ring (bicyclic) bond motifs is 1. The SMILES string of the molecule is CC(Nc1c(Nc2cccc3cccnc23)c(=O)c1=O)C(C)(C)C. The van der Waals surface area contributed by atoms with E-state index in [1.807, 2.05) is 37.3 Å². The maximum Gasteiger partial charge on any atom is 0.253 e. The number of hydrogen-bond acceptors (Lipinski definition) is 5. The fourth-order valence-corrected chi connectivity index (χ4v) is 2.42. The van der Waals surface area contributed by atoms with Crippen molar-refractivity contribution < 1.29 is 0 Å². The summed E-state index contributed by atoms with van der Waals surface area (Å²) in [5, 5.41) is 7.24. The maximum atomic E-state index is 12.0. The minimum absolute atomic E-state index is 0.0297. The second-order valence-electron chi connectivity index (χ2n) is 7.15. The van der Waals surface area contributed by atoms with Crippen molar-refractivity contribution in [2.75, 3.05) is 10.6 Å². The summed E-state index contributed by atoms with van der Waals surface area (Å²) in [6.07, 6.45) is 1.70. The molecule has 1 atom stereocenters. The van der Waals surface area contributed by atoms with Gasteiger partial charge in [-0.3, -0.25) is 14.6 Å². The predicted octanol–water partition coefficient (Wildman–Crippen LogP) is 3.42. The molecule has 3 rings (SSSR count). The summed E-state index contributed by atoms with van der Waals surface area (Å²) in [4.78, 5) is 28.3. The number of para-hydroxylation sites is 1. The lowest BCUT2D eigenvalue weighted by atomic mass is 9.87. The van der Waals surface area contributed by atoms with Crippen molar-refractivity contribution in [3.8, 4) is 0 Å². The van der Waals surface area contributed by atoms with Gasteiger partial charge in [-0.15, -0.1) is 0 Å². The molecular formula is C19H21N3O2. The van der Waals surface area contributed by atoms with E-state index in [0.29, 0.717) is 17.1 Å². The zero-order valence-corrected chi connectivity index (χ0v) is 14.3. The zero-order chi connectivity index (χ0) is 17.5. The molecule has 0 saturated carbocycles. The molecule has 124 valence electrons. The Morgan fingerprint density at radius 3 is 2.38 bits per heavy atom. The molecular weight excluding hydrogens is 302 g/mol. The van der Waals surface area contributed by atoms with Crippen LogP contribution < -0.4 is 21.5 Å². The maximum absolute atomic E-state index is 12.0. The van der Waals surface area contributed by atoms with E-state index in [1.165, 1.54) is 0 Å². The highest BCUT2D eigenvalue weighted by molar-refractivity contribution is 5.93. The average Bonchev–Trinajstić information content (AvgIpc) is 2.56. The molecule has 0 fully saturated rings. The second-order valence-corrected chi connectivity index (χ2v) is 7.15. The minimum atomic E-state index is -0.494. The van der Waals surface area contributed by atoms with E-state index in [-0.39, 0.29) is 11.5 Å². The predicted molar refractivity (Wildman–Crippen MR) is 98.9 cm³/mol. The molecule has 1 aromatic heterocycles. The summed E-state index contributed by atoms with van der Waals surface area (Å²) in [5.41, 5.74) is 1.16. The molecule has 0 radical (unpaired) electrons. The van der Waals surface area contributed by atoms with Gasteiger partial charge in [0.15, 0.2) is 0 Å². The third-order valence-electron chi connectivity index (χ3n) is 4.46. The van der Waals surface area contributed by atoms with E-state index in [1.54, 1.807) is 6.20 Å². The van der Waals surface area contributed by atoms with E-state index < -0.39 is 10.9 Å². The number of aromatic nitrogens is 1. The largest absolute Gasteiger partial charge is 0.377 e. The highest BCUT2D eigenvalue weighted by Gasteiger charge is 2.27. The molecule has 2 N–H and O–H groups in total. The highest BCUT2D eigenvalue weighted by Crippen LogP contribution is 2.29. The van der Waals surface area contributed by atoms with Crippen LogP contribution in [-0.2, 0) is 0 Å². The summed E-state index contributed by atoms with van der Waals surface area (Å²) in [5.74, 6) is 0. The van der Waals surface area contributed by atoms with Crippen molar-refractivity contribution in [3.63, 3.8) is 0 Å². The molecule has 2 aromatic carbocycles. The van der Waals surface area contributed by atoms with E-state index in [9.17, 15) is 9.59 Å². The standard InChI is InChI=1S/C19H21N3O2/c1-11(19(2,3)4)21-15-16(18(24)17(15)23)22-13-9-5-7-12-8-6-10-20-14(12)13/h5-11,21-22H,1-4H3. The van der Waals surface area contributed by atoms with E-state index in [0.717, 1.165) is 10.9 Å². The Bertz CT molecular complexity index is 958. The van der Waals surface area contributed by atoms with E-state index >= 15 is 0 Å². The normalized spacial score (nSPS) is 13.2. The molecule has 0 saturated heterocycles. The lowest BCUT2D eigenvalue weighted by Crippen LogP contribution is -2.41. The van der Waals surface area contributed by atoms with Crippen LogP contribution in [0, 0.1) is 5.41 Å². The van der Waals surface area contributed by atoms with Gasteiger partial charge >= 0.3 is 0 Å². The first-order valence-corrected chi connectivity index (χ1v) is 7.99. The van der Waals surface area contributed by atoms with Gasteiger partial charge in [0, 0.05) is 17.6 Å². The Kier molecular flexibility index (Phi) is 3.87. The zero-order valence-electron chi connectivity index (χ0n) is 14.3. The molecule has 0 spiro atoms. The molecule has 5 nitrogen and oxygen atoms in total. The van der Waals surface area contributed by atoms with Crippen molar-refractivity contribution >= 4 is 28.0 Å². The summed E-state index contributed by atoms with van der Waals surface area (Å²) in [6.45, 7) is 8.24. The van der Waals surface area contributed by atoms with Crippen molar-refractivity contribution in [2.45, 2.75) is 33.7 Å². The third kappa shape index (κ3) is 2.77. The molecule has 3 aromatic rings. The van der Waals surface area contributed by atoms with Crippen molar-refractivity contribution in [1.82, 2.24) is 4.98 Å². The number of nitrogens with one attached hydrogen (secondary N) is 2. The molecule has 0 amide bonds. The van der Waals surface area contributed by atoms with Crippen LogP contribution in [-0.4, -0.2) is 11.0 Å². The first-order valence-electron chi connectivity index (χ1n) is 7.99. The van der Waals surface area contributed by atoms with Crippen LogP contribution in [0.15, 0.2) is 46.1 Å². The smallest absolute Gasteiger partial charge is 0.253 e. The second kappa shape index (κ2) is 5.74. The van der Waals surface area contributed by atoms with Crippen molar-refractivity contribution in [2.24, 2.45) is 5.41 Å². The van der Waals surface area contributed by atoms with Gasteiger partial charge in [-0.1, -0.05) is 39.0 Å². The molecule has 0 bridgehead atoms. The number of rotatable bonds is 4. The third-order valence-corrected chi connectivity index (χ3v) is 4.46. The summed E-state index contributed by atoms with van der Waals surface area (Å²) in [6, 6.07) is 9.56. The number of pyridine rings is 1. The van der Waals surface area contributed by atoms with E-state index in [4.69, 9.17) is 0 Å². The van der Waals surface area contributed by atoms with Gasteiger partial charge in [0.05, 0.1) is 11.2 Å². The quantitative estimate of drug-likeness (QED) is 0.720. The van der Waals surface area contributed by atoms with Crippen LogP contribution in [0.2, 0.25) is 0 Å². The fraction of sp³-hybridized carbons (Fsp3) is 0.316. The van der Waals surface area contributed by atoms with Crippen molar-refractivity contribution in [3.05, 3.63) is 57.0 Å². The summed E-state index contributed by atoms with van der Waals surface area (Å²) in [7, 11) is 0. The van der Waals surface area contributed by atoms with E-state index in [2.05, 4.69) is 36.4 Å². The van der Waals surface area contributed by atoms with Gasteiger partial charge in [0.1, 0.15) is 11.4 Å². The van der Waals surface area contributed by atoms with Gasteiger partial charge < -0.3 is 10.6 Å². The van der Waals surface area contributed by atoms with Crippen LogP contribution >= 0.6 is 0 Å². The lowest BCUT2D eigenvalue weighted by molar-refractivity contribution is 0.359. The minimum Gasteiger partial charge on any atom is -0.377 e. The Balaban J connectivity index is 1.95. The molecule has 1 unspecified atom stereocenters. The van der Waals surface area contributed by atoms with Gasteiger partial charge in [0.25, 0.3) is 10.9 Å². The van der Waals surface area contributed by atoms with Crippen LogP contribution in [0.1, 0.15) is 27.7 Å². The Morgan fingerprint density at radius 2 is 1.67 bits per heavy atom. The molecule has 1 heterocycles. The number of hydrogen-bond donors (Lipinski definition) is 2. The molecule has 5 heteroatoms. The lowest BCUT2D eigenvalue weighted by Gasteiger charge is -2.30. The first-order chi connectivity index (χ1) is 11.3. The van der Waals surface area contributed by atoms with Gasteiger partial charge in [-0.25, -0.2) is 0 Å². The molecule has 0 aliphatic carbocycles. The van der Waals surface area contributed by atoms with Crippen LogP contribution in [0.4, 0.5) is 17.1 Å². The van der Waals surface area contributed by atoms with Crippen LogP contribution in [0.3, 0.4) is 0 Å². The number of benzene rings is 1. The first kappa shape index (κ1) is 16.2. The van der Waals surface area contributed by atoms with Gasteiger partial charge in [0.2, 0.25) is 0 Å². The molecule has 0 aliphatic heterocycles. The topological polar surface area (TPSA) is 71.1 Å². The average molecular weight is 323 g/mol. The summed E-state index contributed by atoms with van der Waals surface area (Å²) < 4.78 is 0. The number of anilines is 3. The van der Waals surface area contributed by atoms with Crippen LogP contribution in [0.5, 0.6) is 0 Å². The van der Waals surface area contributed by atoms with Gasteiger partial charge in [-0.2, -0.15) is 0 Å². The van der Waals surface area contributed by atoms with Crippen molar-refractivity contribution in [1.29, 1.82) is 0 Å². The Hall–Kier alpha value is -2.69. The summed E-state index contributed by atoms with van der Waals surface area (Å²) >= 11 is 0.